The Morgan fingerprint density at radius 3 is 1.42 bits per heavy atom. The molecule has 0 atom stereocenters. The zero-order valence-corrected chi connectivity index (χ0v) is 19.8. The van der Waals surface area contributed by atoms with Crippen LogP contribution in [-0.4, -0.2) is 38.4 Å². The third-order valence-electron chi connectivity index (χ3n) is 5.54. The van der Waals surface area contributed by atoms with Crippen molar-refractivity contribution in [1.82, 2.24) is 0 Å². The molecule has 0 N–H and O–H groups in total. The molecular formula is C30H26O6. The molecule has 0 saturated carbocycles. The third kappa shape index (κ3) is 5.55. The van der Waals surface area contributed by atoms with E-state index in [0.717, 1.165) is 44.8 Å². The minimum atomic E-state index is -0.501. The molecule has 4 rings (SSSR count). The molecule has 0 aliphatic rings. The SMILES string of the molecule is C=CC(=O)OCCOc1ccc2ccccc2c1-c1c(OCCOC(=O)C=C)ccc2ccccc12. The normalized spacial score (nSPS) is 10.6. The molecule has 4 aromatic rings. The van der Waals surface area contributed by atoms with Gasteiger partial charge < -0.3 is 18.9 Å². The molecule has 0 fully saturated rings. The van der Waals surface area contributed by atoms with Crippen LogP contribution in [0.4, 0.5) is 0 Å². The Balaban J connectivity index is 1.79. The minimum Gasteiger partial charge on any atom is -0.489 e. The van der Waals surface area contributed by atoms with Gasteiger partial charge in [0.25, 0.3) is 0 Å². The number of hydrogen-bond donors (Lipinski definition) is 0. The van der Waals surface area contributed by atoms with Crippen molar-refractivity contribution in [2.24, 2.45) is 0 Å². The second kappa shape index (κ2) is 11.7. The minimum absolute atomic E-state index is 0.0880. The lowest BCUT2D eigenvalue weighted by molar-refractivity contribution is -0.139. The smallest absolute Gasteiger partial charge is 0.330 e. The fraction of sp³-hybridized carbons (Fsp3) is 0.133. The molecule has 0 unspecified atom stereocenters. The van der Waals surface area contributed by atoms with Gasteiger partial charge in [-0.05, 0) is 33.7 Å². The van der Waals surface area contributed by atoms with Crippen LogP contribution in [-0.2, 0) is 19.1 Å². The number of esters is 2. The number of carbonyl (C=O) groups excluding carboxylic acids is 2. The first-order valence-corrected chi connectivity index (χ1v) is 11.5. The van der Waals surface area contributed by atoms with Gasteiger partial charge >= 0.3 is 11.9 Å². The summed E-state index contributed by atoms with van der Waals surface area (Å²) in [7, 11) is 0. The first kappa shape index (κ1) is 24.5. The van der Waals surface area contributed by atoms with Gasteiger partial charge in [0.2, 0.25) is 0 Å². The first-order valence-electron chi connectivity index (χ1n) is 11.5. The second-order valence-electron chi connectivity index (χ2n) is 7.76. The number of benzene rings is 4. The molecule has 0 radical (unpaired) electrons. The van der Waals surface area contributed by atoms with Gasteiger partial charge in [-0.2, -0.15) is 0 Å². The summed E-state index contributed by atoms with van der Waals surface area (Å²) >= 11 is 0. The highest BCUT2D eigenvalue weighted by Gasteiger charge is 2.19. The lowest BCUT2D eigenvalue weighted by Gasteiger charge is -2.19. The Hall–Kier alpha value is -4.58. The molecule has 0 aliphatic heterocycles. The highest BCUT2D eigenvalue weighted by Crippen LogP contribution is 2.45. The average Bonchev–Trinajstić information content (AvgIpc) is 2.92. The Labute approximate surface area is 209 Å². The summed E-state index contributed by atoms with van der Waals surface area (Å²) in [5.74, 6) is 0.253. The van der Waals surface area contributed by atoms with Crippen LogP contribution in [0.5, 0.6) is 11.5 Å². The van der Waals surface area contributed by atoms with Crippen molar-refractivity contribution in [1.29, 1.82) is 0 Å². The standard InChI is InChI=1S/C30H26O6/c1-3-27(31)35-19-17-33-25-15-13-21-9-5-7-11-23(21)29(25)30-24-12-8-6-10-22(24)14-16-26(30)34-18-20-36-28(32)4-2/h3-16H,1-2,17-20H2. The fourth-order valence-corrected chi connectivity index (χ4v) is 3.97. The molecule has 0 amide bonds. The van der Waals surface area contributed by atoms with Crippen LogP contribution in [0.2, 0.25) is 0 Å². The number of ether oxygens (including phenoxy) is 4. The quantitative estimate of drug-likeness (QED) is 0.151. The van der Waals surface area contributed by atoms with Crippen molar-refractivity contribution in [2.45, 2.75) is 0 Å². The van der Waals surface area contributed by atoms with E-state index in [4.69, 9.17) is 18.9 Å². The third-order valence-corrected chi connectivity index (χ3v) is 5.54. The van der Waals surface area contributed by atoms with E-state index in [2.05, 4.69) is 13.2 Å². The van der Waals surface area contributed by atoms with Crippen LogP contribution in [0.3, 0.4) is 0 Å². The van der Waals surface area contributed by atoms with Crippen molar-refractivity contribution < 1.29 is 28.5 Å². The van der Waals surface area contributed by atoms with Crippen molar-refractivity contribution >= 4 is 33.5 Å². The second-order valence-corrected chi connectivity index (χ2v) is 7.76. The van der Waals surface area contributed by atoms with E-state index in [1.165, 1.54) is 0 Å². The van der Waals surface area contributed by atoms with Crippen LogP contribution in [0.15, 0.2) is 98.1 Å². The van der Waals surface area contributed by atoms with E-state index >= 15 is 0 Å². The van der Waals surface area contributed by atoms with E-state index < -0.39 is 11.9 Å². The molecule has 0 spiro atoms. The summed E-state index contributed by atoms with van der Waals surface area (Å²) in [5.41, 5.74) is 1.72. The maximum absolute atomic E-state index is 11.4. The van der Waals surface area contributed by atoms with Crippen LogP contribution in [0.1, 0.15) is 0 Å². The van der Waals surface area contributed by atoms with E-state index in [-0.39, 0.29) is 26.4 Å². The van der Waals surface area contributed by atoms with Gasteiger partial charge in [-0.1, -0.05) is 73.8 Å². The van der Waals surface area contributed by atoms with E-state index in [0.29, 0.717) is 11.5 Å². The summed E-state index contributed by atoms with van der Waals surface area (Å²) in [6, 6.07) is 23.8. The van der Waals surface area contributed by atoms with Gasteiger partial charge in [-0.3, -0.25) is 0 Å². The van der Waals surface area contributed by atoms with Crippen molar-refractivity contribution in [2.75, 3.05) is 26.4 Å². The number of hydrogen-bond acceptors (Lipinski definition) is 6. The zero-order chi connectivity index (χ0) is 25.3. The molecule has 0 heterocycles. The van der Waals surface area contributed by atoms with E-state index in [1.54, 1.807) is 0 Å². The summed E-state index contributed by atoms with van der Waals surface area (Å²) in [5, 5.41) is 4.04. The Kier molecular flexibility index (Phi) is 7.98. The van der Waals surface area contributed by atoms with Crippen molar-refractivity contribution in [3.63, 3.8) is 0 Å². The molecule has 6 nitrogen and oxygen atoms in total. The molecule has 0 aromatic heterocycles. The van der Waals surface area contributed by atoms with Gasteiger partial charge in [0.15, 0.2) is 0 Å². The lowest BCUT2D eigenvalue weighted by atomic mass is 9.92. The monoisotopic (exact) mass is 482 g/mol. The first-order chi connectivity index (χ1) is 17.6. The Bertz CT molecular complexity index is 1310. The molecule has 36 heavy (non-hydrogen) atoms. The molecular weight excluding hydrogens is 456 g/mol. The van der Waals surface area contributed by atoms with Crippen molar-refractivity contribution in [3.8, 4) is 22.6 Å². The fourth-order valence-electron chi connectivity index (χ4n) is 3.97. The van der Waals surface area contributed by atoms with Crippen LogP contribution in [0.25, 0.3) is 32.7 Å². The molecule has 182 valence electrons. The van der Waals surface area contributed by atoms with Gasteiger partial charge in [0.05, 0.1) is 0 Å². The van der Waals surface area contributed by atoms with Crippen molar-refractivity contribution in [3.05, 3.63) is 98.1 Å². The van der Waals surface area contributed by atoms with Crippen LogP contribution in [0, 0.1) is 0 Å². The number of fused-ring (bicyclic) bond motifs is 2. The molecule has 4 aromatic carbocycles. The van der Waals surface area contributed by atoms with E-state index in [1.807, 2.05) is 72.8 Å². The lowest BCUT2D eigenvalue weighted by Crippen LogP contribution is -2.11. The highest BCUT2D eigenvalue weighted by molar-refractivity contribution is 6.09. The van der Waals surface area contributed by atoms with Gasteiger partial charge in [0.1, 0.15) is 37.9 Å². The van der Waals surface area contributed by atoms with Gasteiger partial charge in [0, 0.05) is 23.3 Å². The predicted octanol–water partition coefficient (Wildman–Crippen LogP) is 5.88. The maximum Gasteiger partial charge on any atom is 0.330 e. The molecule has 0 aliphatic carbocycles. The highest BCUT2D eigenvalue weighted by atomic mass is 16.6. The molecule has 0 bridgehead atoms. The van der Waals surface area contributed by atoms with Crippen LogP contribution < -0.4 is 9.47 Å². The largest absolute Gasteiger partial charge is 0.489 e. The topological polar surface area (TPSA) is 71.1 Å². The summed E-state index contributed by atoms with van der Waals surface area (Å²) in [4.78, 5) is 22.8. The Morgan fingerprint density at radius 2 is 1.00 bits per heavy atom. The zero-order valence-electron chi connectivity index (χ0n) is 19.8. The maximum atomic E-state index is 11.4. The van der Waals surface area contributed by atoms with Crippen LogP contribution >= 0.6 is 0 Å². The molecule has 0 saturated heterocycles. The summed E-state index contributed by atoms with van der Waals surface area (Å²) < 4.78 is 22.4. The Morgan fingerprint density at radius 1 is 0.583 bits per heavy atom. The van der Waals surface area contributed by atoms with Gasteiger partial charge in [-0.25, -0.2) is 9.59 Å². The van der Waals surface area contributed by atoms with E-state index in [9.17, 15) is 9.59 Å². The summed E-state index contributed by atoms with van der Waals surface area (Å²) in [6.45, 7) is 7.33. The predicted molar refractivity (Wildman–Crippen MR) is 140 cm³/mol. The average molecular weight is 483 g/mol. The summed E-state index contributed by atoms with van der Waals surface area (Å²) in [6.07, 6.45) is 2.24. The number of carbonyl (C=O) groups is 2. The molecule has 6 heteroatoms. The number of rotatable bonds is 11. The van der Waals surface area contributed by atoms with Gasteiger partial charge in [-0.15, -0.1) is 0 Å².